The van der Waals surface area contributed by atoms with Gasteiger partial charge in [-0.25, -0.2) is 18.1 Å². The first kappa shape index (κ1) is 20.1. The molecule has 0 N–H and O–H groups in total. The van der Waals surface area contributed by atoms with Gasteiger partial charge in [0.05, 0.1) is 44.5 Å². The maximum Gasteiger partial charge on any atom is 0.264 e. The third kappa shape index (κ3) is 3.56. The van der Waals surface area contributed by atoms with Crippen LogP contribution in [-0.2, 0) is 16.4 Å². The van der Waals surface area contributed by atoms with Crippen molar-refractivity contribution in [2.75, 3.05) is 25.7 Å². The van der Waals surface area contributed by atoms with E-state index in [1.54, 1.807) is 18.2 Å². The normalized spacial score (nSPS) is 17.9. The number of aromatic nitrogens is 4. The highest BCUT2D eigenvalue weighted by Crippen LogP contribution is 2.28. The third-order valence-corrected chi connectivity index (χ3v) is 6.90. The third-order valence-electron chi connectivity index (χ3n) is 5.15. The van der Waals surface area contributed by atoms with Gasteiger partial charge in [0.25, 0.3) is 5.56 Å². The minimum atomic E-state index is -3.10. The Morgan fingerprint density at radius 3 is 2.67 bits per heavy atom. The molecule has 0 aliphatic carbocycles. The molecule has 3 aromatic rings. The predicted octanol–water partition coefficient (Wildman–Crippen LogP) is 0.853. The minimum absolute atomic E-state index is 0.0215. The van der Waals surface area contributed by atoms with Gasteiger partial charge >= 0.3 is 0 Å². The van der Waals surface area contributed by atoms with Crippen molar-refractivity contribution in [3.63, 3.8) is 0 Å². The van der Waals surface area contributed by atoms with Crippen LogP contribution in [0, 0.1) is 0 Å². The molecule has 0 bridgehead atoms. The Kier molecular flexibility index (Phi) is 5.06. The largest absolute Gasteiger partial charge is 0.493 e. The first-order chi connectivity index (χ1) is 14.3. The van der Waals surface area contributed by atoms with Crippen LogP contribution in [0.5, 0.6) is 11.5 Å². The number of sulfone groups is 1. The summed E-state index contributed by atoms with van der Waals surface area (Å²) in [5.74, 6) is 0.684. The van der Waals surface area contributed by atoms with Crippen molar-refractivity contribution in [3.8, 4) is 11.5 Å². The molecule has 1 unspecified atom stereocenters. The highest BCUT2D eigenvalue weighted by atomic mass is 32.2. The van der Waals surface area contributed by atoms with Crippen LogP contribution < -0.4 is 15.0 Å². The lowest BCUT2D eigenvalue weighted by atomic mass is 10.1. The summed E-state index contributed by atoms with van der Waals surface area (Å²) in [5, 5.41) is 4.42. The summed E-state index contributed by atoms with van der Waals surface area (Å²) in [6.45, 7) is -0.208. The number of ketones is 1. The SMILES string of the molecule is COc1ccc(C(=O)Cn2cnc3c(cnn3C3CCS(=O)(=O)C3)c2=O)cc1OC. The molecule has 1 atom stereocenters. The van der Waals surface area contributed by atoms with Crippen LogP contribution in [0.1, 0.15) is 22.8 Å². The van der Waals surface area contributed by atoms with E-state index in [1.807, 2.05) is 0 Å². The van der Waals surface area contributed by atoms with Crippen molar-refractivity contribution in [1.82, 2.24) is 19.3 Å². The number of hydrogen-bond acceptors (Lipinski definition) is 8. The number of methoxy groups -OCH3 is 2. The second kappa shape index (κ2) is 7.56. The summed E-state index contributed by atoms with van der Waals surface area (Å²) >= 11 is 0. The number of benzene rings is 1. The molecule has 0 saturated carbocycles. The van der Waals surface area contributed by atoms with Crippen LogP contribution >= 0.6 is 0 Å². The molecular weight excluding hydrogens is 412 g/mol. The lowest BCUT2D eigenvalue weighted by Crippen LogP contribution is -2.25. The number of fused-ring (bicyclic) bond motifs is 1. The van der Waals surface area contributed by atoms with Gasteiger partial charge in [0.1, 0.15) is 11.7 Å². The molecule has 3 heterocycles. The molecule has 158 valence electrons. The van der Waals surface area contributed by atoms with E-state index in [2.05, 4.69) is 10.1 Å². The van der Waals surface area contributed by atoms with Gasteiger partial charge in [-0.15, -0.1) is 0 Å². The Morgan fingerprint density at radius 1 is 1.23 bits per heavy atom. The van der Waals surface area contributed by atoms with E-state index >= 15 is 0 Å². The fraction of sp³-hybridized carbons (Fsp3) is 0.368. The number of hydrogen-bond donors (Lipinski definition) is 0. The summed E-state index contributed by atoms with van der Waals surface area (Å²) in [6, 6.07) is 4.43. The molecule has 4 rings (SSSR count). The topological polar surface area (TPSA) is 122 Å². The van der Waals surface area contributed by atoms with Crippen molar-refractivity contribution in [2.45, 2.75) is 19.0 Å². The Labute approximate surface area is 172 Å². The van der Waals surface area contributed by atoms with Gasteiger partial charge in [-0.1, -0.05) is 0 Å². The van der Waals surface area contributed by atoms with Crippen LogP contribution in [0.15, 0.2) is 35.5 Å². The van der Waals surface area contributed by atoms with Gasteiger partial charge in [-0.2, -0.15) is 5.10 Å². The van der Waals surface area contributed by atoms with Crippen molar-refractivity contribution in [2.24, 2.45) is 0 Å². The first-order valence-electron chi connectivity index (χ1n) is 9.21. The molecule has 1 aromatic carbocycles. The molecular formula is C19H20N4O6S. The van der Waals surface area contributed by atoms with E-state index in [9.17, 15) is 18.0 Å². The molecule has 11 heteroatoms. The second-order valence-electron chi connectivity index (χ2n) is 7.05. The van der Waals surface area contributed by atoms with Gasteiger partial charge in [0, 0.05) is 5.56 Å². The Hall–Kier alpha value is -3.21. The highest BCUT2D eigenvalue weighted by molar-refractivity contribution is 7.91. The standard InChI is InChI=1S/C19H20N4O6S/c1-28-16-4-3-12(7-17(16)29-2)15(24)9-22-11-20-18-14(19(22)25)8-21-23(18)13-5-6-30(26,27)10-13/h3-4,7-8,11,13H,5-6,9-10H2,1-2H3. The molecule has 1 aliphatic heterocycles. The number of rotatable bonds is 6. The Balaban J connectivity index is 1.62. The van der Waals surface area contributed by atoms with Crippen LogP contribution in [0.4, 0.5) is 0 Å². The predicted molar refractivity (Wildman–Crippen MR) is 108 cm³/mol. The highest BCUT2D eigenvalue weighted by Gasteiger charge is 2.31. The fourth-order valence-electron chi connectivity index (χ4n) is 3.57. The molecule has 1 saturated heterocycles. The molecule has 2 aromatic heterocycles. The van der Waals surface area contributed by atoms with Crippen LogP contribution in [0.25, 0.3) is 11.0 Å². The second-order valence-corrected chi connectivity index (χ2v) is 9.28. The van der Waals surface area contributed by atoms with Crippen LogP contribution in [0.3, 0.4) is 0 Å². The number of carbonyl (C=O) groups excluding carboxylic acids is 1. The van der Waals surface area contributed by atoms with Gasteiger partial charge in [0.2, 0.25) is 0 Å². The average Bonchev–Trinajstić information content (AvgIpc) is 3.32. The van der Waals surface area contributed by atoms with E-state index in [1.165, 1.54) is 36.0 Å². The number of carbonyl (C=O) groups is 1. The zero-order chi connectivity index (χ0) is 21.5. The Bertz CT molecular complexity index is 1290. The minimum Gasteiger partial charge on any atom is -0.493 e. The number of ether oxygens (including phenoxy) is 2. The van der Waals surface area contributed by atoms with Crippen LogP contribution in [-0.4, -0.2) is 59.3 Å². The van der Waals surface area contributed by atoms with E-state index in [0.29, 0.717) is 29.1 Å². The Morgan fingerprint density at radius 2 is 2.00 bits per heavy atom. The lowest BCUT2D eigenvalue weighted by molar-refractivity contribution is 0.0970. The maximum atomic E-state index is 12.8. The van der Waals surface area contributed by atoms with Crippen molar-refractivity contribution < 1.29 is 22.7 Å². The summed E-state index contributed by atoms with van der Waals surface area (Å²) in [7, 11) is -0.127. The van der Waals surface area contributed by atoms with E-state index in [0.717, 1.165) is 0 Å². The van der Waals surface area contributed by atoms with E-state index in [4.69, 9.17) is 9.47 Å². The zero-order valence-electron chi connectivity index (χ0n) is 16.4. The molecule has 0 spiro atoms. The monoisotopic (exact) mass is 432 g/mol. The average molecular weight is 432 g/mol. The molecule has 30 heavy (non-hydrogen) atoms. The smallest absolute Gasteiger partial charge is 0.264 e. The number of Topliss-reactive ketones (excluding diaryl/α,β-unsaturated/α-hetero) is 1. The van der Waals surface area contributed by atoms with Crippen molar-refractivity contribution >= 4 is 26.7 Å². The van der Waals surface area contributed by atoms with E-state index < -0.39 is 15.4 Å². The van der Waals surface area contributed by atoms with Crippen LogP contribution in [0.2, 0.25) is 0 Å². The quantitative estimate of drug-likeness (QED) is 0.526. The van der Waals surface area contributed by atoms with Gasteiger partial charge in [-0.05, 0) is 24.6 Å². The first-order valence-corrected chi connectivity index (χ1v) is 11.0. The molecule has 0 radical (unpaired) electrons. The van der Waals surface area contributed by atoms with Gasteiger partial charge < -0.3 is 9.47 Å². The van der Waals surface area contributed by atoms with Crippen molar-refractivity contribution in [3.05, 3.63) is 46.6 Å². The summed E-state index contributed by atoms with van der Waals surface area (Å²) in [4.78, 5) is 29.8. The van der Waals surface area contributed by atoms with E-state index in [-0.39, 0.29) is 35.3 Å². The summed E-state index contributed by atoms with van der Waals surface area (Å²) in [6.07, 6.45) is 3.08. The zero-order valence-corrected chi connectivity index (χ0v) is 17.3. The van der Waals surface area contributed by atoms with Gasteiger partial charge in [-0.3, -0.25) is 14.2 Å². The lowest BCUT2D eigenvalue weighted by Gasteiger charge is -2.11. The van der Waals surface area contributed by atoms with Gasteiger partial charge in [0.15, 0.2) is 32.8 Å². The molecule has 1 fully saturated rings. The summed E-state index contributed by atoms with van der Waals surface area (Å²) < 4.78 is 36.6. The summed E-state index contributed by atoms with van der Waals surface area (Å²) in [5.41, 5.74) is 0.268. The van der Waals surface area contributed by atoms with Crippen molar-refractivity contribution in [1.29, 1.82) is 0 Å². The fourth-order valence-corrected chi connectivity index (χ4v) is 5.26. The molecule has 1 aliphatic rings. The number of nitrogens with zero attached hydrogens (tertiary/aromatic N) is 4. The molecule has 10 nitrogen and oxygen atoms in total. The molecule has 0 amide bonds. The maximum absolute atomic E-state index is 12.8.